The summed E-state index contributed by atoms with van der Waals surface area (Å²) in [7, 11) is 1.45. The first-order valence-electron chi connectivity index (χ1n) is 11.0. The van der Waals surface area contributed by atoms with Gasteiger partial charge in [-0.15, -0.1) is 0 Å². The van der Waals surface area contributed by atoms with Crippen LogP contribution in [0.25, 0.3) is 0 Å². The first-order valence-corrected chi connectivity index (χ1v) is 11.0. The Morgan fingerprint density at radius 1 is 0.848 bits per heavy atom. The number of carbonyl (C=O) groups excluding carboxylic acids is 2. The van der Waals surface area contributed by atoms with E-state index in [1.54, 1.807) is 0 Å². The third kappa shape index (κ3) is 13.7. The van der Waals surface area contributed by atoms with Crippen molar-refractivity contribution in [3.05, 3.63) is 12.2 Å². The molecule has 12 heteroatoms. The minimum atomic E-state index is -0.773. The van der Waals surface area contributed by atoms with Crippen LogP contribution in [0.2, 0.25) is 0 Å². The number of methoxy groups -OCH3 is 1. The van der Waals surface area contributed by atoms with Gasteiger partial charge in [0.1, 0.15) is 0 Å². The number of amides is 2. The highest BCUT2D eigenvalue weighted by Crippen LogP contribution is 2.04. The van der Waals surface area contributed by atoms with Crippen LogP contribution < -0.4 is 5.32 Å². The van der Waals surface area contributed by atoms with Crippen molar-refractivity contribution in [2.45, 2.75) is 51.5 Å². The van der Waals surface area contributed by atoms with Crippen molar-refractivity contribution in [1.29, 1.82) is 0 Å². The molecule has 1 rings (SSSR count). The zero-order valence-corrected chi connectivity index (χ0v) is 19.7. The van der Waals surface area contributed by atoms with Crippen molar-refractivity contribution in [1.82, 2.24) is 10.2 Å². The van der Waals surface area contributed by atoms with E-state index in [1.807, 2.05) is 13.8 Å². The molecular formula is C21H40N2O10. The molecule has 0 aliphatic carbocycles. The molecule has 5 N–H and O–H groups in total. The summed E-state index contributed by atoms with van der Waals surface area (Å²) in [6, 6.07) is 0. The van der Waals surface area contributed by atoms with Crippen LogP contribution >= 0.6 is 0 Å². The van der Waals surface area contributed by atoms with Crippen LogP contribution in [0, 0.1) is 0 Å². The van der Waals surface area contributed by atoms with E-state index in [2.05, 4.69) is 5.32 Å². The lowest BCUT2D eigenvalue weighted by Crippen LogP contribution is -2.37. The Hall–Kier alpha value is -1.48. The van der Waals surface area contributed by atoms with E-state index >= 15 is 0 Å². The van der Waals surface area contributed by atoms with Crippen LogP contribution in [0.4, 0.5) is 0 Å². The molecule has 1 aliphatic rings. The Balaban J connectivity index is 0.000000785. The van der Waals surface area contributed by atoms with Crippen molar-refractivity contribution < 1.29 is 49.0 Å². The molecule has 4 unspecified atom stereocenters. The number of aliphatic hydroxyl groups excluding tert-OH is 4. The van der Waals surface area contributed by atoms with Crippen molar-refractivity contribution in [3.63, 3.8) is 0 Å². The summed E-state index contributed by atoms with van der Waals surface area (Å²) < 4.78 is 20.6. The monoisotopic (exact) mass is 480 g/mol. The summed E-state index contributed by atoms with van der Waals surface area (Å²) in [6.07, 6.45) is 1.84. The molecule has 0 spiro atoms. The van der Waals surface area contributed by atoms with Gasteiger partial charge in [-0.05, 0) is 12.8 Å². The molecule has 0 aromatic carbocycles. The highest BCUT2D eigenvalue weighted by atomic mass is 16.7. The van der Waals surface area contributed by atoms with Gasteiger partial charge in [-0.25, -0.2) is 0 Å². The molecule has 0 bridgehead atoms. The first kappa shape index (κ1) is 31.5. The average molecular weight is 481 g/mol. The number of imide groups is 1. The lowest BCUT2D eigenvalue weighted by atomic mass is 10.3. The van der Waals surface area contributed by atoms with E-state index < -0.39 is 12.6 Å². The number of carbonyl (C=O) groups is 2. The number of ether oxygens (including phenoxy) is 4. The molecule has 194 valence electrons. The molecule has 1 heterocycles. The summed E-state index contributed by atoms with van der Waals surface area (Å²) >= 11 is 0. The van der Waals surface area contributed by atoms with Crippen molar-refractivity contribution in [2.24, 2.45) is 0 Å². The van der Waals surface area contributed by atoms with Gasteiger partial charge in [-0.1, -0.05) is 13.8 Å². The summed E-state index contributed by atoms with van der Waals surface area (Å²) in [5, 5.41) is 38.5. The van der Waals surface area contributed by atoms with Crippen LogP contribution in [0.15, 0.2) is 12.2 Å². The predicted octanol–water partition coefficient (Wildman–Crippen LogP) is -1.64. The summed E-state index contributed by atoms with van der Waals surface area (Å²) in [4.78, 5) is 23.7. The number of nitrogens with one attached hydrogen (secondary N) is 1. The molecule has 0 fully saturated rings. The predicted molar refractivity (Wildman–Crippen MR) is 118 cm³/mol. The van der Waals surface area contributed by atoms with E-state index in [0.717, 1.165) is 4.90 Å². The minimum Gasteiger partial charge on any atom is -0.394 e. The topological polar surface area (TPSA) is 167 Å². The fourth-order valence-electron chi connectivity index (χ4n) is 2.50. The standard InChI is InChI=1S/C14H24N2O6.C7H16O4/c1-2-11(9-17)22-14(10-18)21-8-6-15-5-7-16-12(19)3-4-13(16)20;1-3-6(4-8)11-7(5-9)10-2/h3-4,11,14-15,17-18H,2,5-10H2,1H3;6-9H,3-5H2,1-2H3. The molecule has 0 aromatic rings. The minimum absolute atomic E-state index is 0.0453. The molecule has 4 atom stereocenters. The molecule has 2 amide bonds. The summed E-state index contributed by atoms with van der Waals surface area (Å²) in [5.41, 5.74) is 0. The Bertz CT molecular complexity index is 509. The zero-order valence-electron chi connectivity index (χ0n) is 19.7. The van der Waals surface area contributed by atoms with Gasteiger partial charge in [0.2, 0.25) is 0 Å². The number of hydrogen-bond donors (Lipinski definition) is 5. The van der Waals surface area contributed by atoms with Gasteiger partial charge in [0.05, 0.1) is 45.2 Å². The Morgan fingerprint density at radius 3 is 1.79 bits per heavy atom. The van der Waals surface area contributed by atoms with Crippen LogP contribution in [0.3, 0.4) is 0 Å². The van der Waals surface area contributed by atoms with E-state index in [0.29, 0.717) is 39.1 Å². The third-order valence-electron chi connectivity index (χ3n) is 4.56. The van der Waals surface area contributed by atoms with Crippen LogP contribution in [-0.2, 0) is 28.5 Å². The molecule has 33 heavy (non-hydrogen) atoms. The van der Waals surface area contributed by atoms with E-state index in [4.69, 9.17) is 39.4 Å². The summed E-state index contributed by atoms with van der Waals surface area (Å²) in [6.45, 7) is 4.65. The number of aliphatic hydroxyl groups is 4. The van der Waals surface area contributed by atoms with Crippen LogP contribution in [-0.4, -0.2) is 122 Å². The van der Waals surface area contributed by atoms with Gasteiger partial charge >= 0.3 is 0 Å². The van der Waals surface area contributed by atoms with E-state index in [-0.39, 0.29) is 50.4 Å². The van der Waals surface area contributed by atoms with Crippen molar-refractivity contribution in [2.75, 3.05) is 59.8 Å². The maximum atomic E-state index is 11.3. The molecule has 0 radical (unpaired) electrons. The van der Waals surface area contributed by atoms with E-state index in [9.17, 15) is 9.59 Å². The second-order valence-corrected chi connectivity index (χ2v) is 6.94. The molecular weight excluding hydrogens is 440 g/mol. The van der Waals surface area contributed by atoms with Gasteiger partial charge in [0.15, 0.2) is 12.6 Å². The van der Waals surface area contributed by atoms with Crippen LogP contribution in [0.5, 0.6) is 0 Å². The van der Waals surface area contributed by atoms with Gasteiger partial charge in [0.25, 0.3) is 11.8 Å². The smallest absolute Gasteiger partial charge is 0.253 e. The first-order chi connectivity index (χ1) is 15.9. The maximum absolute atomic E-state index is 11.3. The quantitative estimate of drug-likeness (QED) is 0.0867. The second-order valence-electron chi connectivity index (χ2n) is 6.94. The molecule has 1 aliphatic heterocycles. The van der Waals surface area contributed by atoms with Crippen LogP contribution in [0.1, 0.15) is 26.7 Å². The Labute approximate surface area is 195 Å². The third-order valence-corrected chi connectivity index (χ3v) is 4.56. The zero-order chi connectivity index (χ0) is 25.1. The van der Waals surface area contributed by atoms with Crippen molar-refractivity contribution in [3.8, 4) is 0 Å². The Morgan fingerprint density at radius 2 is 1.36 bits per heavy atom. The average Bonchev–Trinajstić information content (AvgIpc) is 3.16. The fraction of sp³-hybridized carbons (Fsp3) is 0.810. The lowest BCUT2D eigenvalue weighted by molar-refractivity contribution is -0.194. The molecule has 12 nitrogen and oxygen atoms in total. The van der Waals surface area contributed by atoms with Gasteiger partial charge in [0, 0.05) is 38.9 Å². The summed E-state index contributed by atoms with van der Waals surface area (Å²) in [5.74, 6) is -0.599. The maximum Gasteiger partial charge on any atom is 0.253 e. The van der Waals surface area contributed by atoms with Gasteiger partial charge < -0.3 is 44.7 Å². The van der Waals surface area contributed by atoms with Gasteiger partial charge in [-0.2, -0.15) is 0 Å². The van der Waals surface area contributed by atoms with Gasteiger partial charge in [-0.3, -0.25) is 14.5 Å². The molecule has 0 saturated carbocycles. The van der Waals surface area contributed by atoms with E-state index in [1.165, 1.54) is 19.3 Å². The van der Waals surface area contributed by atoms with Crippen molar-refractivity contribution >= 4 is 11.8 Å². The Kier molecular flexibility index (Phi) is 19.0. The second kappa shape index (κ2) is 19.9. The largest absolute Gasteiger partial charge is 0.394 e. The fourth-order valence-corrected chi connectivity index (χ4v) is 2.50. The highest BCUT2D eigenvalue weighted by Gasteiger charge is 2.22. The highest BCUT2D eigenvalue weighted by molar-refractivity contribution is 6.12. The molecule has 0 saturated heterocycles. The normalized spacial score (nSPS) is 17.0. The number of rotatable bonds is 18. The number of nitrogens with zero attached hydrogens (tertiary/aromatic N) is 1. The lowest BCUT2D eigenvalue weighted by Gasteiger charge is -2.21. The SMILES string of the molecule is CCC(CO)OC(CO)OC.CCC(CO)OC(CO)OCCNCCN1C(=O)C=CC1=O. The number of hydrogen-bond acceptors (Lipinski definition) is 11. The molecule has 0 aromatic heterocycles.